The van der Waals surface area contributed by atoms with Crippen LogP contribution in [0.3, 0.4) is 0 Å². The average Bonchev–Trinajstić information content (AvgIpc) is 2.50. The van der Waals surface area contributed by atoms with Crippen molar-refractivity contribution in [2.45, 2.75) is 38.8 Å². The van der Waals surface area contributed by atoms with Crippen molar-refractivity contribution in [2.24, 2.45) is 0 Å². The van der Waals surface area contributed by atoms with E-state index in [9.17, 15) is 4.79 Å². The fourth-order valence-corrected chi connectivity index (χ4v) is 1.47. The molecule has 0 aromatic carbocycles. The second-order valence-electron chi connectivity index (χ2n) is 3.93. The van der Waals surface area contributed by atoms with Gasteiger partial charge in [0.25, 0.3) is 0 Å². The maximum Gasteiger partial charge on any atom is 0.220 e. The van der Waals surface area contributed by atoms with Crippen molar-refractivity contribution in [3.63, 3.8) is 0 Å². The maximum atomic E-state index is 10.9. The largest absolute Gasteiger partial charge is 0.377 e. The molecule has 1 atom stereocenters. The van der Waals surface area contributed by atoms with Crippen LogP contribution in [0.5, 0.6) is 0 Å². The highest BCUT2D eigenvalue weighted by Crippen LogP contribution is 2.04. The molecule has 0 aromatic rings. The van der Waals surface area contributed by atoms with E-state index in [0.717, 1.165) is 26.1 Å². The smallest absolute Gasteiger partial charge is 0.220 e. The molecular weight excluding hydrogens is 180 g/mol. The zero-order valence-electron chi connectivity index (χ0n) is 9.01. The third kappa shape index (κ3) is 4.58. The molecule has 1 fully saturated rings. The summed E-state index contributed by atoms with van der Waals surface area (Å²) in [5, 5.41) is 6.17. The van der Waals surface area contributed by atoms with E-state index in [1.54, 1.807) is 0 Å². The van der Waals surface area contributed by atoms with Gasteiger partial charge in [-0.25, -0.2) is 0 Å². The van der Waals surface area contributed by atoms with Gasteiger partial charge in [-0.05, 0) is 20.3 Å². The van der Waals surface area contributed by atoms with Crippen LogP contribution in [-0.2, 0) is 9.53 Å². The molecule has 1 aliphatic heterocycles. The summed E-state index contributed by atoms with van der Waals surface area (Å²) in [7, 11) is 0. The standard InChI is InChI=1S/C10H20N2O2/c1-8(2)14-6-5-11-7-9-3-4-10(13)12-9/h8-9,11H,3-7H2,1-2H3,(H,12,13). The molecule has 0 aromatic heterocycles. The number of hydrogen-bond donors (Lipinski definition) is 2. The molecule has 82 valence electrons. The van der Waals surface area contributed by atoms with Crippen LogP contribution in [0.4, 0.5) is 0 Å². The summed E-state index contributed by atoms with van der Waals surface area (Å²) < 4.78 is 5.38. The molecule has 14 heavy (non-hydrogen) atoms. The number of carbonyl (C=O) groups is 1. The van der Waals surface area contributed by atoms with E-state index in [2.05, 4.69) is 10.6 Å². The number of nitrogens with one attached hydrogen (secondary N) is 2. The Morgan fingerprint density at radius 2 is 2.43 bits per heavy atom. The van der Waals surface area contributed by atoms with Gasteiger partial charge in [0.2, 0.25) is 5.91 Å². The molecule has 1 unspecified atom stereocenters. The van der Waals surface area contributed by atoms with Crippen LogP contribution in [0.15, 0.2) is 0 Å². The molecule has 0 saturated carbocycles. The van der Waals surface area contributed by atoms with Gasteiger partial charge in [0.1, 0.15) is 0 Å². The van der Waals surface area contributed by atoms with Crippen LogP contribution in [0, 0.1) is 0 Å². The topological polar surface area (TPSA) is 50.4 Å². The normalized spacial score (nSPS) is 21.6. The first-order valence-corrected chi connectivity index (χ1v) is 5.30. The molecule has 1 heterocycles. The van der Waals surface area contributed by atoms with Gasteiger partial charge >= 0.3 is 0 Å². The average molecular weight is 200 g/mol. The fourth-order valence-electron chi connectivity index (χ4n) is 1.47. The molecule has 1 saturated heterocycles. The second-order valence-corrected chi connectivity index (χ2v) is 3.93. The Morgan fingerprint density at radius 1 is 1.64 bits per heavy atom. The molecule has 4 heteroatoms. The van der Waals surface area contributed by atoms with Crippen molar-refractivity contribution >= 4 is 5.91 Å². The molecule has 4 nitrogen and oxygen atoms in total. The number of rotatable bonds is 6. The summed E-state index contributed by atoms with van der Waals surface area (Å²) >= 11 is 0. The summed E-state index contributed by atoms with van der Waals surface area (Å²) in [6.45, 7) is 6.49. The lowest BCUT2D eigenvalue weighted by Crippen LogP contribution is -2.37. The van der Waals surface area contributed by atoms with Gasteiger partial charge in [0.05, 0.1) is 12.7 Å². The molecule has 1 rings (SSSR count). The third-order valence-corrected chi connectivity index (χ3v) is 2.21. The van der Waals surface area contributed by atoms with Crippen molar-refractivity contribution in [3.8, 4) is 0 Å². The first-order valence-electron chi connectivity index (χ1n) is 5.30. The minimum absolute atomic E-state index is 0.176. The predicted octanol–water partition coefficient (Wildman–Crippen LogP) is 0.280. The molecule has 0 aliphatic carbocycles. The van der Waals surface area contributed by atoms with E-state index in [4.69, 9.17) is 4.74 Å². The van der Waals surface area contributed by atoms with Crippen LogP contribution >= 0.6 is 0 Å². The van der Waals surface area contributed by atoms with Gasteiger partial charge in [-0.15, -0.1) is 0 Å². The quantitative estimate of drug-likeness (QED) is 0.605. The van der Waals surface area contributed by atoms with Gasteiger partial charge in [-0.1, -0.05) is 0 Å². The summed E-state index contributed by atoms with van der Waals surface area (Å²) in [5.41, 5.74) is 0. The maximum absolute atomic E-state index is 10.9. The first kappa shape index (κ1) is 11.5. The minimum Gasteiger partial charge on any atom is -0.377 e. The third-order valence-electron chi connectivity index (χ3n) is 2.21. The molecule has 2 N–H and O–H groups in total. The molecular formula is C10H20N2O2. The monoisotopic (exact) mass is 200 g/mol. The van der Waals surface area contributed by atoms with Crippen molar-refractivity contribution in [1.82, 2.24) is 10.6 Å². The Labute approximate surface area is 85.4 Å². The first-order chi connectivity index (χ1) is 6.68. The van der Waals surface area contributed by atoms with Gasteiger partial charge in [0, 0.05) is 25.6 Å². The summed E-state index contributed by atoms with van der Waals surface area (Å²) in [4.78, 5) is 10.9. The van der Waals surface area contributed by atoms with Gasteiger partial charge < -0.3 is 15.4 Å². The van der Waals surface area contributed by atoms with E-state index in [0.29, 0.717) is 18.6 Å². The van der Waals surface area contributed by atoms with E-state index >= 15 is 0 Å². The number of hydrogen-bond acceptors (Lipinski definition) is 3. The van der Waals surface area contributed by atoms with Crippen LogP contribution < -0.4 is 10.6 Å². The fraction of sp³-hybridized carbons (Fsp3) is 0.900. The van der Waals surface area contributed by atoms with Crippen molar-refractivity contribution < 1.29 is 9.53 Å². The van der Waals surface area contributed by atoms with Crippen LogP contribution in [0.2, 0.25) is 0 Å². The minimum atomic E-state index is 0.176. The Bertz CT molecular complexity index is 183. The lowest BCUT2D eigenvalue weighted by atomic mass is 10.2. The Morgan fingerprint density at radius 3 is 3.00 bits per heavy atom. The van der Waals surface area contributed by atoms with Crippen molar-refractivity contribution in [1.29, 1.82) is 0 Å². The molecule has 1 amide bonds. The van der Waals surface area contributed by atoms with Gasteiger partial charge in [0.15, 0.2) is 0 Å². The second kappa shape index (κ2) is 5.98. The lowest BCUT2D eigenvalue weighted by molar-refractivity contribution is -0.119. The highest BCUT2D eigenvalue weighted by Gasteiger charge is 2.19. The van der Waals surface area contributed by atoms with Crippen LogP contribution in [0.1, 0.15) is 26.7 Å². The van der Waals surface area contributed by atoms with Gasteiger partial charge in [-0.3, -0.25) is 4.79 Å². The highest BCUT2D eigenvalue weighted by molar-refractivity contribution is 5.78. The zero-order chi connectivity index (χ0) is 10.4. The zero-order valence-corrected chi connectivity index (χ0v) is 9.01. The van der Waals surface area contributed by atoms with Crippen molar-refractivity contribution in [2.75, 3.05) is 19.7 Å². The van der Waals surface area contributed by atoms with Crippen molar-refractivity contribution in [3.05, 3.63) is 0 Å². The Balaban J connectivity index is 1.91. The summed E-state index contributed by atoms with van der Waals surface area (Å²) in [6, 6.07) is 0.321. The molecule has 0 radical (unpaired) electrons. The summed E-state index contributed by atoms with van der Waals surface area (Å²) in [5.74, 6) is 0.176. The van der Waals surface area contributed by atoms with E-state index < -0.39 is 0 Å². The number of ether oxygens (including phenoxy) is 1. The molecule has 0 spiro atoms. The highest BCUT2D eigenvalue weighted by atomic mass is 16.5. The number of amides is 1. The predicted molar refractivity (Wildman–Crippen MR) is 55.1 cm³/mol. The SMILES string of the molecule is CC(C)OCCNCC1CCC(=O)N1. The molecule has 0 bridgehead atoms. The van der Waals surface area contributed by atoms with Crippen LogP contribution in [0.25, 0.3) is 0 Å². The van der Waals surface area contributed by atoms with E-state index in [-0.39, 0.29) is 5.91 Å². The molecule has 1 aliphatic rings. The van der Waals surface area contributed by atoms with E-state index in [1.165, 1.54) is 0 Å². The summed E-state index contributed by atoms with van der Waals surface area (Å²) in [6.07, 6.45) is 1.93. The van der Waals surface area contributed by atoms with E-state index in [1.807, 2.05) is 13.8 Å². The number of carbonyl (C=O) groups excluding carboxylic acids is 1. The van der Waals surface area contributed by atoms with Gasteiger partial charge in [-0.2, -0.15) is 0 Å². The Hall–Kier alpha value is -0.610. The van der Waals surface area contributed by atoms with Crippen LogP contribution in [-0.4, -0.2) is 37.7 Å². The lowest BCUT2D eigenvalue weighted by Gasteiger charge is -2.12. The Kier molecular flexibility index (Phi) is 4.90.